The summed E-state index contributed by atoms with van der Waals surface area (Å²) >= 11 is 0.953. The lowest BCUT2D eigenvalue weighted by Crippen LogP contribution is -2.49. The third-order valence-corrected chi connectivity index (χ3v) is 3.37. The number of nitrogens with two attached hydrogens (primary N) is 1. The Labute approximate surface area is 137 Å². The van der Waals surface area contributed by atoms with Gasteiger partial charge >= 0.3 is 11.9 Å². The first-order chi connectivity index (χ1) is 10.8. The summed E-state index contributed by atoms with van der Waals surface area (Å²) in [5.41, 5.74) is 5.29. The molecular formula is C12H21N3O7S. The first kappa shape index (κ1) is 21.1. The standard InChI is InChI=1S/C12H21N3O7S/c1-2-22-23-6-8(11(19)14-5-10(17)18)15-9(16)4-3-7(13)12(20)21/h7-8H,2-6,13H2,1H3,(H,14,19)(H,15,16)(H,17,18)(H,20,21). The fourth-order valence-corrected chi connectivity index (χ4v) is 1.98. The Balaban J connectivity index is 4.48. The van der Waals surface area contributed by atoms with Crippen LogP contribution in [0.3, 0.4) is 0 Å². The number of carboxylic acid groups (broad SMARTS) is 2. The van der Waals surface area contributed by atoms with Gasteiger partial charge in [-0.2, -0.15) is 0 Å². The van der Waals surface area contributed by atoms with Crippen molar-refractivity contribution in [2.75, 3.05) is 18.9 Å². The van der Waals surface area contributed by atoms with Gasteiger partial charge in [0.05, 0.1) is 6.61 Å². The molecule has 0 aliphatic rings. The molecule has 0 aliphatic heterocycles. The number of hydrogen-bond donors (Lipinski definition) is 5. The van der Waals surface area contributed by atoms with Crippen LogP contribution in [0.1, 0.15) is 19.8 Å². The van der Waals surface area contributed by atoms with E-state index in [0.717, 1.165) is 12.0 Å². The molecule has 0 aromatic rings. The molecule has 0 aromatic carbocycles. The second-order valence-corrected chi connectivity index (χ2v) is 5.21. The fraction of sp³-hybridized carbons (Fsp3) is 0.667. The summed E-state index contributed by atoms with van der Waals surface area (Å²) in [4.78, 5) is 44.6. The fourth-order valence-electron chi connectivity index (χ4n) is 1.34. The molecule has 0 aromatic heterocycles. The monoisotopic (exact) mass is 351 g/mol. The van der Waals surface area contributed by atoms with Crippen molar-refractivity contribution in [2.45, 2.75) is 31.8 Å². The van der Waals surface area contributed by atoms with E-state index in [-0.39, 0.29) is 18.6 Å². The molecular weight excluding hydrogens is 330 g/mol. The van der Waals surface area contributed by atoms with Crippen LogP contribution in [-0.2, 0) is 23.4 Å². The van der Waals surface area contributed by atoms with E-state index in [1.165, 1.54) is 0 Å². The zero-order chi connectivity index (χ0) is 17.8. The number of hydrogen-bond acceptors (Lipinski definition) is 7. The maximum atomic E-state index is 11.8. The first-order valence-electron chi connectivity index (χ1n) is 6.79. The van der Waals surface area contributed by atoms with Crippen LogP contribution in [-0.4, -0.2) is 65.0 Å². The average molecular weight is 351 g/mol. The van der Waals surface area contributed by atoms with Gasteiger partial charge in [-0.05, 0) is 25.4 Å². The number of carboxylic acids is 2. The van der Waals surface area contributed by atoms with Gasteiger partial charge in [-0.15, -0.1) is 0 Å². The van der Waals surface area contributed by atoms with Crippen LogP contribution in [0.4, 0.5) is 0 Å². The van der Waals surface area contributed by atoms with E-state index < -0.39 is 42.4 Å². The summed E-state index contributed by atoms with van der Waals surface area (Å²) in [5.74, 6) is -3.59. The number of rotatable bonds is 12. The highest BCUT2D eigenvalue weighted by molar-refractivity contribution is 7.94. The molecule has 132 valence electrons. The number of nitrogens with one attached hydrogen (secondary N) is 2. The Morgan fingerprint density at radius 3 is 2.43 bits per heavy atom. The van der Waals surface area contributed by atoms with Crippen molar-refractivity contribution in [3.8, 4) is 0 Å². The lowest BCUT2D eigenvalue weighted by Gasteiger charge is -2.17. The highest BCUT2D eigenvalue weighted by atomic mass is 32.2. The Kier molecular flexibility index (Phi) is 10.7. The molecule has 0 aliphatic carbocycles. The van der Waals surface area contributed by atoms with Gasteiger partial charge in [0.1, 0.15) is 18.6 Å². The van der Waals surface area contributed by atoms with Crippen LogP contribution in [0.2, 0.25) is 0 Å². The number of aliphatic carboxylic acids is 2. The van der Waals surface area contributed by atoms with Crippen molar-refractivity contribution in [1.82, 2.24) is 10.6 Å². The number of carbonyl (C=O) groups excluding carboxylic acids is 2. The van der Waals surface area contributed by atoms with Gasteiger partial charge in [-0.3, -0.25) is 19.2 Å². The van der Waals surface area contributed by atoms with E-state index in [4.69, 9.17) is 20.1 Å². The zero-order valence-corrected chi connectivity index (χ0v) is 13.4. The Morgan fingerprint density at radius 2 is 1.91 bits per heavy atom. The van der Waals surface area contributed by atoms with Gasteiger partial charge in [0.15, 0.2) is 0 Å². The topological polar surface area (TPSA) is 168 Å². The van der Waals surface area contributed by atoms with E-state index in [2.05, 4.69) is 10.6 Å². The number of carbonyl (C=O) groups is 4. The Bertz CT molecular complexity index is 433. The average Bonchev–Trinajstić information content (AvgIpc) is 2.49. The van der Waals surface area contributed by atoms with Crippen LogP contribution >= 0.6 is 12.0 Å². The van der Waals surface area contributed by atoms with Crippen LogP contribution in [0.5, 0.6) is 0 Å². The van der Waals surface area contributed by atoms with Gasteiger partial charge in [-0.1, -0.05) is 0 Å². The maximum Gasteiger partial charge on any atom is 0.322 e. The second-order valence-electron chi connectivity index (χ2n) is 4.41. The minimum Gasteiger partial charge on any atom is -0.480 e. The van der Waals surface area contributed by atoms with Crippen LogP contribution in [0.15, 0.2) is 0 Å². The quantitative estimate of drug-likeness (QED) is 0.208. The molecule has 23 heavy (non-hydrogen) atoms. The lowest BCUT2D eigenvalue weighted by molar-refractivity contribution is -0.139. The SMILES string of the molecule is CCOSCC(NC(=O)CCC(N)C(=O)O)C(=O)NCC(=O)O. The molecule has 2 atom stereocenters. The molecule has 0 bridgehead atoms. The largest absolute Gasteiger partial charge is 0.480 e. The van der Waals surface area contributed by atoms with Gasteiger partial charge < -0.3 is 30.8 Å². The van der Waals surface area contributed by atoms with E-state index in [1.54, 1.807) is 6.92 Å². The minimum absolute atomic E-state index is 0.0794. The predicted octanol–water partition coefficient (Wildman–Crippen LogP) is -1.45. The highest BCUT2D eigenvalue weighted by Gasteiger charge is 2.22. The van der Waals surface area contributed by atoms with Gasteiger partial charge in [0.25, 0.3) is 0 Å². The molecule has 0 radical (unpaired) electrons. The van der Waals surface area contributed by atoms with Gasteiger partial charge in [0.2, 0.25) is 11.8 Å². The molecule has 2 unspecified atom stereocenters. The summed E-state index contributed by atoms with van der Waals surface area (Å²) < 4.78 is 5.02. The van der Waals surface area contributed by atoms with Crippen molar-refractivity contribution in [2.24, 2.45) is 5.73 Å². The molecule has 0 heterocycles. The molecule has 10 nitrogen and oxygen atoms in total. The normalized spacial score (nSPS) is 13.0. The molecule has 0 saturated heterocycles. The third-order valence-electron chi connectivity index (χ3n) is 2.50. The van der Waals surface area contributed by atoms with Crippen molar-refractivity contribution >= 4 is 35.8 Å². The molecule has 6 N–H and O–H groups in total. The summed E-state index contributed by atoms with van der Waals surface area (Å²) in [6, 6.07) is -2.17. The van der Waals surface area contributed by atoms with Crippen molar-refractivity contribution in [3.63, 3.8) is 0 Å². The zero-order valence-electron chi connectivity index (χ0n) is 12.6. The third kappa shape index (κ3) is 10.5. The molecule has 0 rings (SSSR count). The van der Waals surface area contributed by atoms with E-state index in [0.29, 0.717) is 6.61 Å². The summed E-state index contributed by atoms with van der Waals surface area (Å²) in [6.07, 6.45) is -0.251. The van der Waals surface area contributed by atoms with E-state index in [1.807, 2.05) is 0 Å². The number of amides is 2. The molecule has 0 fully saturated rings. The van der Waals surface area contributed by atoms with E-state index in [9.17, 15) is 19.2 Å². The van der Waals surface area contributed by atoms with Gasteiger partial charge in [0, 0.05) is 12.2 Å². The first-order valence-corrected chi connectivity index (χ1v) is 7.70. The maximum absolute atomic E-state index is 11.8. The van der Waals surface area contributed by atoms with Gasteiger partial charge in [-0.25, -0.2) is 0 Å². The molecule has 11 heteroatoms. The van der Waals surface area contributed by atoms with E-state index >= 15 is 0 Å². The highest BCUT2D eigenvalue weighted by Crippen LogP contribution is 2.06. The van der Waals surface area contributed by atoms with Crippen LogP contribution in [0.25, 0.3) is 0 Å². The van der Waals surface area contributed by atoms with Crippen LogP contribution in [0, 0.1) is 0 Å². The van der Waals surface area contributed by atoms with Crippen LogP contribution < -0.4 is 16.4 Å². The molecule has 0 saturated carbocycles. The second kappa shape index (κ2) is 11.7. The molecule has 2 amide bonds. The predicted molar refractivity (Wildman–Crippen MR) is 81.5 cm³/mol. The Morgan fingerprint density at radius 1 is 1.26 bits per heavy atom. The van der Waals surface area contributed by atoms with Crippen molar-refractivity contribution < 1.29 is 33.6 Å². The summed E-state index contributed by atoms with van der Waals surface area (Å²) in [6.45, 7) is 1.57. The minimum atomic E-state index is -1.22. The molecule has 0 spiro atoms. The van der Waals surface area contributed by atoms with Crippen molar-refractivity contribution in [1.29, 1.82) is 0 Å². The Hall–Kier alpha value is -1.85. The lowest BCUT2D eigenvalue weighted by atomic mass is 10.1. The van der Waals surface area contributed by atoms with Crippen molar-refractivity contribution in [3.05, 3.63) is 0 Å². The smallest absolute Gasteiger partial charge is 0.322 e. The summed E-state index contributed by atoms with van der Waals surface area (Å²) in [5, 5.41) is 21.7. The summed E-state index contributed by atoms with van der Waals surface area (Å²) in [7, 11) is 0.